The monoisotopic (exact) mass is 328 g/mol. The highest BCUT2D eigenvalue weighted by atomic mass is 35.5. The van der Waals surface area contributed by atoms with E-state index in [1.165, 1.54) is 25.7 Å². The molecule has 1 N–H and O–H groups in total. The van der Waals surface area contributed by atoms with Gasteiger partial charge in [-0.3, -0.25) is 0 Å². The molecule has 1 aromatic carbocycles. The van der Waals surface area contributed by atoms with Crippen molar-refractivity contribution < 1.29 is 0 Å². The first-order valence-corrected chi connectivity index (χ1v) is 8.63. The molecule has 1 atom stereocenters. The number of hydrogen-bond donors (Lipinski definition) is 1. The largest absolute Gasteiger partial charge is 0.308 e. The smallest absolute Gasteiger partial charge is 0.0640 e. The maximum atomic E-state index is 6.52. The van der Waals surface area contributed by atoms with Gasteiger partial charge in [0.05, 0.1) is 16.1 Å². The molecular formula is C17H26Cl2N2. The Morgan fingerprint density at radius 3 is 2.48 bits per heavy atom. The van der Waals surface area contributed by atoms with Crippen LogP contribution in [-0.4, -0.2) is 31.1 Å². The van der Waals surface area contributed by atoms with Crippen molar-refractivity contribution in [2.75, 3.05) is 20.6 Å². The Kier molecular flexibility index (Phi) is 5.96. The summed E-state index contributed by atoms with van der Waals surface area (Å²) in [5.41, 5.74) is 1.26. The number of rotatable bonds is 6. The normalized spacial score (nSPS) is 19.1. The third kappa shape index (κ3) is 3.39. The zero-order valence-electron chi connectivity index (χ0n) is 13.3. The predicted octanol–water partition coefficient (Wildman–Crippen LogP) is 4.91. The molecule has 0 amide bonds. The summed E-state index contributed by atoms with van der Waals surface area (Å²) in [6, 6.07) is 6.20. The fourth-order valence-electron chi connectivity index (χ4n) is 3.60. The van der Waals surface area contributed by atoms with Crippen LogP contribution >= 0.6 is 23.2 Å². The maximum absolute atomic E-state index is 6.52. The molecule has 1 aliphatic rings. The average molecular weight is 329 g/mol. The van der Waals surface area contributed by atoms with Crippen LogP contribution in [0, 0.1) is 0 Å². The van der Waals surface area contributed by atoms with E-state index < -0.39 is 0 Å². The lowest BCUT2D eigenvalue weighted by Crippen LogP contribution is -2.52. The molecule has 1 saturated carbocycles. The van der Waals surface area contributed by atoms with Crippen LogP contribution in [0.15, 0.2) is 18.2 Å². The lowest BCUT2D eigenvalue weighted by atomic mass is 9.82. The van der Waals surface area contributed by atoms with Gasteiger partial charge >= 0.3 is 0 Å². The molecule has 1 aliphatic carbocycles. The molecule has 0 saturated heterocycles. The fraction of sp³-hybridized carbons (Fsp3) is 0.647. The first kappa shape index (κ1) is 17.1. The Bertz CT molecular complexity index is 468. The van der Waals surface area contributed by atoms with Crippen molar-refractivity contribution in [1.82, 2.24) is 10.2 Å². The summed E-state index contributed by atoms with van der Waals surface area (Å²) in [6.07, 6.45) is 6.06. The maximum Gasteiger partial charge on any atom is 0.0640 e. The summed E-state index contributed by atoms with van der Waals surface area (Å²) in [7, 11) is 4.37. The van der Waals surface area contributed by atoms with Gasteiger partial charge in [-0.05, 0) is 51.5 Å². The Morgan fingerprint density at radius 1 is 1.24 bits per heavy atom. The molecule has 4 heteroatoms. The SMILES string of the molecule is CCCNC(c1cccc(Cl)c1Cl)C1(N(C)C)CCCC1. The zero-order chi connectivity index (χ0) is 15.5. The Labute approximate surface area is 138 Å². The Hall–Kier alpha value is -0.280. The van der Waals surface area contributed by atoms with Gasteiger partial charge in [0.15, 0.2) is 0 Å². The number of nitrogens with zero attached hydrogens (tertiary/aromatic N) is 1. The van der Waals surface area contributed by atoms with Gasteiger partial charge in [-0.1, -0.05) is 55.1 Å². The van der Waals surface area contributed by atoms with Crippen LogP contribution in [0.4, 0.5) is 0 Å². The summed E-state index contributed by atoms with van der Waals surface area (Å²) < 4.78 is 0. The highest BCUT2D eigenvalue weighted by Crippen LogP contribution is 2.45. The molecule has 1 aromatic rings. The third-order valence-electron chi connectivity index (χ3n) is 4.79. The van der Waals surface area contributed by atoms with Crippen LogP contribution in [0.5, 0.6) is 0 Å². The van der Waals surface area contributed by atoms with Crippen LogP contribution in [0.2, 0.25) is 10.0 Å². The van der Waals surface area contributed by atoms with Crippen molar-refractivity contribution in [3.05, 3.63) is 33.8 Å². The molecule has 0 aromatic heterocycles. The minimum Gasteiger partial charge on any atom is -0.308 e. The predicted molar refractivity (Wildman–Crippen MR) is 92.4 cm³/mol. The van der Waals surface area contributed by atoms with Crippen LogP contribution in [0.25, 0.3) is 0 Å². The number of halogens is 2. The molecule has 0 aliphatic heterocycles. The topological polar surface area (TPSA) is 15.3 Å². The fourth-order valence-corrected chi connectivity index (χ4v) is 4.02. The van der Waals surface area contributed by atoms with E-state index in [2.05, 4.69) is 37.3 Å². The molecule has 0 spiro atoms. The van der Waals surface area contributed by atoms with Gasteiger partial charge in [-0.25, -0.2) is 0 Å². The van der Waals surface area contributed by atoms with E-state index in [-0.39, 0.29) is 11.6 Å². The average Bonchev–Trinajstić information content (AvgIpc) is 2.94. The minimum absolute atomic E-state index is 0.128. The van der Waals surface area contributed by atoms with Crippen molar-refractivity contribution in [3.8, 4) is 0 Å². The van der Waals surface area contributed by atoms with Gasteiger partial charge in [-0.15, -0.1) is 0 Å². The van der Waals surface area contributed by atoms with Crippen molar-refractivity contribution in [1.29, 1.82) is 0 Å². The van der Waals surface area contributed by atoms with Gasteiger partial charge in [0.1, 0.15) is 0 Å². The molecule has 0 heterocycles. The third-order valence-corrected chi connectivity index (χ3v) is 5.62. The number of benzene rings is 1. The standard InChI is InChI=1S/C17H26Cl2N2/c1-4-12-20-16(13-8-7-9-14(18)15(13)19)17(21(2)3)10-5-6-11-17/h7-9,16,20H,4-6,10-12H2,1-3H3. The van der Waals surface area contributed by atoms with E-state index >= 15 is 0 Å². The summed E-state index contributed by atoms with van der Waals surface area (Å²) in [4.78, 5) is 2.38. The molecule has 0 radical (unpaired) electrons. The van der Waals surface area contributed by atoms with Crippen molar-refractivity contribution in [3.63, 3.8) is 0 Å². The highest BCUT2D eigenvalue weighted by Gasteiger charge is 2.44. The van der Waals surface area contributed by atoms with Crippen molar-refractivity contribution in [2.24, 2.45) is 0 Å². The molecule has 118 valence electrons. The minimum atomic E-state index is 0.128. The number of nitrogens with one attached hydrogen (secondary N) is 1. The summed E-state index contributed by atoms with van der Waals surface area (Å²) in [5.74, 6) is 0. The van der Waals surface area contributed by atoms with Gasteiger partial charge in [0, 0.05) is 5.54 Å². The molecule has 1 fully saturated rings. The Morgan fingerprint density at radius 2 is 1.90 bits per heavy atom. The van der Waals surface area contributed by atoms with E-state index in [9.17, 15) is 0 Å². The summed E-state index contributed by atoms with van der Waals surface area (Å²) in [5, 5.41) is 5.07. The molecule has 0 bridgehead atoms. The molecule has 2 nitrogen and oxygen atoms in total. The number of likely N-dealkylation sites (N-methyl/N-ethyl adjacent to an activating group) is 1. The molecule has 2 rings (SSSR count). The van der Waals surface area contributed by atoms with E-state index in [1.54, 1.807) is 0 Å². The van der Waals surface area contributed by atoms with Crippen LogP contribution in [0.1, 0.15) is 50.6 Å². The second-order valence-electron chi connectivity index (χ2n) is 6.24. The van der Waals surface area contributed by atoms with E-state index in [1.807, 2.05) is 12.1 Å². The van der Waals surface area contributed by atoms with E-state index in [0.29, 0.717) is 10.0 Å². The quantitative estimate of drug-likeness (QED) is 0.798. The highest BCUT2D eigenvalue weighted by molar-refractivity contribution is 6.42. The van der Waals surface area contributed by atoms with Crippen molar-refractivity contribution in [2.45, 2.75) is 50.6 Å². The molecule has 21 heavy (non-hydrogen) atoms. The van der Waals surface area contributed by atoms with Gasteiger partial charge < -0.3 is 10.2 Å². The lowest BCUT2D eigenvalue weighted by Gasteiger charge is -2.44. The van der Waals surface area contributed by atoms with Crippen LogP contribution < -0.4 is 5.32 Å². The Balaban J connectivity index is 2.44. The lowest BCUT2D eigenvalue weighted by molar-refractivity contribution is 0.104. The van der Waals surface area contributed by atoms with Gasteiger partial charge in [0.2, 0.25) is 0 Å². The summed E-state index contributed by atoms with van der Waals surface area (Å²) in [6.45, 7) is 3.18. The summed E-state index contributed by atoms with van der Waals surface area (Å²) >= 11 is 12.8. The first-order valence-electron chi connectivity index (χ1n) is 7.87. The zero-order valence-corrected chi connectivity index (χ0v) is 14.8. The van der Waals surface area contributed by atoms with Gasteiger partial charge in [0.25, 0.3) is 0 Å². The van der Waals surface area contributed by atoms with E-state index in [4.69, 9.17) is 23.2 Å². The second kappa shape index (κ2) is 7.32. The first-order chi connectivity index (χ1) is 10.0. The van der Waals surface area contributed by atoms with Crippen LogP contribution in [0.3, 0.4) is 0 Å². The van der Waals surface area contributed by atoms with Gasteiger partial charge in [-0.2, -0.15) is 0 Å². The van der Waals surface area contributed by atoms with Crippen LogP contribution in [-0.2, 0) is 0 Å². The molecule has 1 unspecified atom stereocenters. The molecular weight excluding hydrogens is 303 g/mol. The second-order valence-corrected chi connectivity index (χ2v) is 7.02. The number of hydrogen-bond acceptors (Lipinski definition) is 2. The van der Waals surface area contributed by atoms with Crippen molar-refractivity contribution >= 4 is 23.2 Å². The van der Waals surface area contributed by atoms with E-state index in [0.717, 1.165) is 18.5 Å².